The molecule has 1 N–H and O–H groups in total. The normalized spacial score (nSPS) is 12.9. The van der Waals surface area contributed by atoms with E-state index in [9.17, 15) is 9.90 Å². The number of carboxylic acids is 1. The van der Waals surface area contributed by atoms with Gasteiger partial charge in [-0.2, -0.15) is 0 Å². The topological polar surface area (TPSA) is 42.2 Å². The van der Waals surface area contributed by atoms with Gasteiger partial charge < -0.3 is 9.67 Å². The highest BCUT2D eigenvalue weighted by molar-refractivity contribution is 5.94. The lowest BCUT2D eigenvalue weighted by atomic mass is 9.92. The Morgan fingerprint density at radius 1 is 0.742 bits per heavy atom. The second kappa shape index (κ2) is 8.11. The zero-order valence-corrected chi connectivity index (χ0v) is 17.2. The van der Waals surface area contributed by atoms with Crippen LogP contribution in [0.25, 0.3) is 39.5 Å². The van der Waals surface area contributed by atoms with E-state index in [1.54, 1.807) is 6.08 Å². The molecule has 0 unspecified atom stereocenters. The van der Waals surface area contributed by atoms with Crippen LogP contribution in [0.4, 0.5) is 0 Å². The molecule has 0 fully saturated rings. The summed E-state index contributed by atoms with van der Waals surface area (Å²) in [6.45, 7) is 0.913. The van der Waals surface area contributed by atoms with Crippen LogP contribution in [0.15, 0.2) is 91.0 Å². The van der Waals surface area contributed by atoms with Gasteiger partial charge in [-0.1, -0.05) is 84.9 Å². The Hall–Kier alpha value is -3.85. The number of hydrogen-bond donors (Lipinski definition) is 1. The monoisotopic (exact) mass is 405 g/mol. The number of fused-ring (bicyclic) bond motifs is 1. The molecule has 0 bridgehead atoms. The van der Waals surface area contributed by atoms with E-state index in [0.29, 0.717) is 0 Å². The molecular weight excluding hydrogens is 382 g/mol. The Morgan fingerprint density at radius 2 is 1.29 bits per heavy atom. The third kappa shape index (κ3) is 3.59. The average molecular weight is 405 g/mol. The van der Waals surface area contributed by atoms with Crippen molar-refractivity contribution in [2.45, 2.75) is 19.4 Å². The summed E-state index contributed by atoms with van der Waals surface area (Å²) in [6.07, 6.45) is 5.08. The summed E-state index contributed by atoms with van der Waals surface area (Å²) in [4.78, 5) is 11.3. The van der Waals surface area contributed by atoms with Gasteiger partial charge in [0.05, 0.1) is 0 Å². The van der Waals surface area contributed by atoms with E-state index in [4.69, 9.17) is 0 Å². The number of rotatable bonds is 5. The van der Waals surface area contributed by atoms with Crippen molar-refractivity contribution in [2.75, 3.05) is 0 Å². The molecule has 3 heteroatoms. The highest BCUT2D eigenvalue weighted by atomic mass is 16.4. The second-order valence-electron chi connectivity index (χ2n) is 7.82. The lowest BCUT2D eigenvalue weighted by molar-refractivity contribution is -0.131. The first-order valence-electron chi connectivity index (χ1n) is 10.6. The minimum atomic E-state index is -0.930. The Kier molecular flexibility index (Phi) is 5.01. The predicted octanol–water partition coefficient (Wildman–Crippen LogP) is 6.53. The summed E-state index contributed by atoms with van der Waals surface area (Å²) >= 11 is 0. The van der Waals surface area contributed by atoms with Gasteiger partial charge in [-0.3, -0.25) is 0 Å². The molecule has 3 nitrogen and oxygen atoms in total. The van der Waals surface area contributed by atoms with Gasteiger partial charge in [-0.05, 0) is 41.2 Å². The molecule has 0 saturated carbocycles. The Labute approximate surface area is 181 Å². The molecular formula is C28H23NO2. The number of benzene rings is 3. The average Bonchev–Trinajstić information content (AvgIpc) is 3.40. The molecule has 0 aliphatic carbocycles. The van der Waals surface area contributed by atoms with Crippen LogP contribution in [0.1, 0.15) is 17.8 Å². The second-order valence-corrected chi connectivity index (χ2v) is 7.82. The molecule has 152 valence electrons. The third-order valence-corrected chi connectivity index (χ3v) is 5.93. The number of carboxylic acid groups (broad SMARTS) is 1. The number of carbonyl (C=O) groups is 1. The van der Waals surface area contributed by atoms with E-state index >= 15 is 0 Å². The highest BCUT2D eigenvalue weighted by Gasteiger charge is 2.26. The quantitative estimate of drug-likeness (QED) is 0.383. The number of nitrogens with zero attached hydrogens (tertiary/aromatic N) is 1. The summed E-state index contributed by atoms with van der Waals surface area (Å²) in [5.74, 6) is -0.930. The maximum absolute atomic E-state index is 11.3. The fourth-order valence-corrected chi connectivity index (χ4v) is 4.60. The van der Waals surface area contributed by atoms with Crippen LogP contribution in [0.2, 0.25) is 0 Å². The summed E-state index contributed by atoms with van der Waals surface area (Å²) in [5.41, 5.74) is 9.21. The molecule has 5 rings (SSSR count). The molecule has 1 aliphatic heterocycles. The van der Waals surface area contributed by atoms with Gasteiger partial charge in [0.15, 0.2) is 0 Å². The fourth-order valence-electron chi connectivity index (χ4n) is 4.60. The van der Waals surface area contributed by atoms with Gasteiger partial charge in [0.1, 0.15) is 0 Å². The van der Waals surface area contributed by atoms with Crippen molar-refractivity contribution in [1.82, 2.24) is 4.57 Å². The van der Waals surface area contributed by atoms with Crippen molar-refractivity contribution in [3.63, 3.8) is 0 Å². The lowest BCUT2D eigenvalue weighted by Crippen LogP contribution is -1.96. The SMILES string of the molecule is O=C(O)/C=C/c1c(-c2ccc(-c3ccccc3)cc2)c(-c2ccccc2)c2n1CCC2. The Morgan fingerprint density at radius 3 is 1.94 bits per heavy atom. The standard InChI is InChI=1S/C28H23NO2/c30-26(31)18-17-25-28(23-15-13-21(14-16-23)20-8-3-1-4-9-20)27(22-10-5-2-6-11-22)24-12-7-19-29(24)25/h1-6,8-11,13-18H,7,12,19H2,(H,30,31)/b18-17+. The van der Waals surface area contributed by atoms with Gasteiger partial charge in [-0.15, -0.1) is 0 Å². The maximum atomic E-state index is 11.3. The lowest BCUT2D eigenvalue weighted by Gasteiger charge is -2.10. The van der Waals surface area contributed by atoms with Crippen LogP contribution in [0, 0.1) is 0 Å². The van der Waals surface area contributed by atoms with Crippen LogP contribution < -0.4 is 0 Å². The molecule has 1 aromatic heterocycles. The van der Waals surface area contributed by atoms with Gasteiger partial charge in [-0.25, -0.2) is 4.79 Å². The minimum absolute atomic E-state index is 0.913. The highest BCUT2D eigenvalue weighted by Crippen LogP contribution is 2.43. The third-order valence-electron chi connectivity index (χ3n) is 5.93. The summed E-state index contributed by atoms with van der Waals surface area (Å²) in [6, 6.07) is 29.3. The van der Waals surface area contributed by atoms with Crippen molar-refractivity contribution < 1.29 is 9.90 Å². The van der Waals surface area contributed by atoms with E-state index < -0.39 is 5.97 Å². The molecule has 2 heterocycles. The minimum Gasteiger partial charge on any atom is -0.478 e. The van der Waals surface area contributed by atoms with Gasteiger partial charge in [0.2, 0.25) is 0 Å². The first kappa shape index (κ1) is 19.1. The van der Waals surface area contributed by atoms with Crippen LogP contribution in [0.3, 0.4) is 0 Å². The van der Waals surface area contributed by atoms with Crippen LogP contribution in [-0.4, -0.2) is 15.6 Å². The molecule has 4 aromatic rings. The number of aromatic nitrogens is 1. The van der Waals surface area contributed by atoms with E-state index in [1.807, 2.05) is 24.3 Å². The zero-order chi connectivity index (χ0) is 21.2. The molecule has 0 spiro atoms. The first-order chi connectivity index (χ1) is 15.2. The van der Waals surface area contributed by atoms with Gasteiger partial charge in [0, 0.05) is 35.1 Å². The zero-order valence-electron chi connectivity index (χ0n) is 17.2. The predicted molar refractivity (Wildman–Crippen MR) is 126 cm³/mol. The summed E-state index contributed by atoms with van der Waals surface area (Å²) in [5, 5.41) is 9.27. The van der Waals surface area contributed by atoms with Crippen LogP contribution in [0.5, 0.6) is 0 Å². The van der Waals surface area contributed by atoms with Crippen molar-refractivity contribution in [3.05, 3.63) is 102 Å². The number of aliphatic carboxylic acids is 1. The van der Waals surface area contributed by atoms with Gasteiger partial charge in [0.25, 0.3) is 0 Å². The first-order valence-corrected chi connectivity index (χ1v) is 10.6. The van der Waals surface area contributed by atoms with E-state index in [0.717, 1.165) is 36.2 Å². The smallest absolute Gasteiger partial charge is 0.328 e. The van der Waals surface area contributed by atoms with Gasteiger partial charge >= 0.3 is 5.97 Å². The fraction of sp³-hybridized carbons (Fsp3) is 0.107. The molecule has 0 saturated heterocycles. The van der Waals surface area contributed by atoms with E-state index in [1.165, 1.54) is 34.0 Å². The molecule has 0 atom stereocenters. The van der Waals surface area contributed by atoms with E-state index in [2.05, 4.69) is 65.2 Å². The summed E-state index contributed by atoms with van der Waals surface area (Å²) < 4.78 is 2.29. The van der Waals surface area contributed by atoms with Crippen molar-refractivity contribution in [1.29, 1.82) is 0 Å². The van der Waals surface area contributed by atoms with Crippen molar-refractivity contribution in [2.24, 2.45) is 0 Å². The Balaban J connectivity index is 1.71. The van der Waals surface area contributed by atoms with Crippen molar-refractivity contribution in [3.8, 4) is 33.4 Å². The van der Waals surface area contributed by atoms with Crippen LogP contribution >= 0.6 is 0 Å². The van der Waals surface area contributed by atoms with E-state index in [-0.39, 0.29) is 0 Å². The molecule has 3 aromatic carbocycles. The summed E-state index contributed by atoms with van der Waals surface area (Å²) in [7, 11) is 0. The largest absolute Gasteiger partial charge is 0.478 e. The van der Waals surface area contributed by atoms with Crippen molar-refractivity contribution >= 4 is 12.0 Å². The molecule has 0 amide bonds. The van der Waals surface area contributed by atoms with Crippen LogP contribution in [-0.2, 0) is 17.8 Å². The molecule has 31 heavy (non-hydrogen) atoms. The molecule has 0 radical (unpaired) electrons. The molecule has 1 aliphatic rings. The Bertz CT molecular complexity index is 1250. The maximum Gasteiger partial charge on any atom is 0.328 e. The number of hydrogen-bond acceptors (Lipinski definition) is 1.